The Hall–Kier alpha value is -0.990. The zero-order valence-corrected chi connectivity index (χ0v) is 9.54. The minimum Gasteiger partial charge on any atom is -0.513 e. The van der Waals surface area contributed by atoms with Crippen LogP contribution in [0.1, 0.15) is 58.3 Å². The smallest absolute Gasteiger partial charge is 0.300 e. The summed E-state index contributed by atoms with van der Waals surface area (Å²) >= 11 is 0. The maximum absolute atomic E-state index is 9.29. The van der Waals surface area contributed by atoms with Crippen molar-refractivity contribution in [1.29, 1.82) is 0 Å². The van der Waals surface area contributed by atoms with Gasteiger partial charge in [0.1, 0.15) is 0 Å². The average molecular weight is 214 g/mol. The Morgan fingerprint density at radius 3 is 2.20 bits per heavy atom. The number of carbonyl (C=O) groups is 1. The normalized spacial score (nSPS) is 18.1. The molecule has 0 saturated heterocycles. The summed E-state index contributed by atoms with van der Waals surface area (Å²) in [6.45, 7) is 1.08. The molecule has 0 amide bonds. The van der Waals surface area contributed by atoms with E-state index < -0.39 is 5.97 Å². The molecule has 0 aromatic carbocycles. The second kappa shape index (κ2) is 9.56. The molecule has 1 rings (SSSR count). The molecule has 3 heteroatoms. The lowest BCUT2D eigenvalue weighted by molar-refractivity contribution is -0.134. The van der Waals surface area contributed by atoms with Crippen LogP contribution in [-0.4, -0.2) is 16.2 Å². The van der Waals surface area contributed by atoms with Crippen molar-refractivity contribution in [2.24, 2.45) is 0 Å². The van der Waals surface area contributed by atoms with E-state index in [1.807, 2.05) is 6.08 Å². The summed E-state index contributed by atoms with van der Waals surface area (Å²) in [6.07, 6.45) is 11.8. The fraction of sp³-hybridized carbons (Fsp3) is 0.750. The van der Waals surface area contributed by atoms with Gasteiger partial charge in [-0.2, -0.15) is 0 Å². The standard InChI is InChI=1S/C10H18O.C2H4O2/c11-10-8-6-4-2-1-3-5-7-9-10;1-2(3)4/h8,11H,1-7,9H2;1H3,(H,3,4). The molecule has 0 fully saturated rings. The minimum absolute atomic E-state index is 0.618. The van der Waals surface area contributed by atoms with E-state index in [0.29, 0.717) is 5.76 Å². The summed E-state index contributed by atoms with van der Waals surface area (Å²) in [6, 6.07) is 0. The highest BCUT2D eigenvalue weighted by molar-refractivity contribution is 5.62. The van der Waals surface area contributed by atoms with Crippen LogP contribution in [0.4, 0.5) is 0 Å². The highest BCUT2D eigenvalue weighted by Crippen LogP contribution is 2.14. The summed E-state index contributed by atoms with van der Waals surface area (Å²) in [5.41, 5.74) is 0. The van der Waals surface area contributed by atoms with Crippen molar-refractivity contribution in [2.75, 3.05) is 0 Å². The van der Waals surface area contributed by atoms with Crippen molar-refractivity contribution in [3.63, 3.8) is 0 Å². The summed E-state index contributed by atoms with van der Waals surface area (Å²) in [5, 5.41) is 16.7. The Balaban J connectivity index is 0.000000423. The van der Waals surface area contributed by atoms with Crippen LogP contribution in [0.25, 0.3) is 0 Å². The molecule has 0 spiro atoms. The lowest BCUT2D eigenvalue weighted by Gasteiger charge is -2.04. The number of aliphatic hydroxyl groups excluding tert-OH is 1. The molecule has 0 aromatic heterocycles. The molecule has 1 aliphatic carbocycles. The van der Waals surface area contributed by atoms with Crippen molar-refractivity contribution in [3.05, 3.63) is 11.8 Å². The quantitative estimate of drug-likeness (QED) is 0.647. The first-order chi connectivity index (χ1) is 7.13. The monoisotopic (exact) mass is 214 g/mol. The van der Waals surface area contributed by atoms with Crippen molar-refractivity contribution < 1.29 is 15.0 Å². The molecule has 0 heterocycles. The largest absolute Gasteiger partial charge is 0.513 e. The van der Waals surface area contributed by atoms with Crippen LogP contribution in [0.2, 0.25) is 0 Å². The van der Waals surface area contributed by atoms with Gasteiger partial charge in [0.05, 0.1) is 5.76 Å². The number of carboxylic acid groups (broad SMARTS) is 1. The third-order valence-corrected chi connectivity index (χ3v) is 2.27. The number of allylic oxidation sites excluding steroid dienone is 2. The van der Waals surface area contributed by atoms with Crippen molar-refractivity contribution in [2.45, 2.75) is 58.3 Å². The van der Waals surface area contributed by atoms with Gasteiger partial charge < -0.3 is 10.2 Å². The Morgan fingerprint density at radius 2 is 1.60 bits per heavy atom. The maximum Gasteiger partial charge on any atom is 0.300 e. The fourth-order valence-electron chi connectivity index (χ4n) is 1.53. The van der Waals surface area contributed by atoms with Crippen LogP contribution in [0.5, 0.6) is 0 Å². The summed E-state index contributed by atoms with van der Waals surface area (Å²) in [5.74, 6) is -0.216. The Morgan fingerprint density at radius 1 is 1.13 bits per heavy atom. The molecule has 15 heavy (non-hydrogen) atoms. The molecule has 0 radical (unpaired) electrons. The van der Waals surface area contributed by atoms with Gasteiger partial charge in [0.25, 0.3) is 5.97 Å². The summed E-state index contributed by atoms with van der Waals surface area (Å²) < 4.78 is 0. The van der Waals surface area contributed by atoms with Gasteiger partial charge in [0.15, 0.2) is 0 Å². The molecule has 0 bridgehead atoms. The topological polar surface area (TPSA) is 57.5 Å². The predicted octanol–water partition coefficient (Wildman–Crippen LogP) is 3.65. The average Bonchev–Trinajstić information content (AvgIpc) is 2.15. The van der Waals surface area contributed by atoms with Gasteiger partial charge in [-0.25, -0.2) is 0 Å². The number of hydrogen-bond donors (Lipinski definition) is 2. The van der Waals surface area contributed by atoms with E-state index in [9.17, 15) is 5.11 Å². The number of aliphatic carboxylic acids is 1. The zero-order chi connectivity index (χ0) is 11.5. The number of rotatable bonds is 0. The second-order valence-electron chi connectivity index (χ2n) is 3.87. The van der Waals surface area contributed by atoms with Crippen molar-refractivity contribution >= 4 is 5.97 Å². The SMILES string of the molecule is CC(=O)O.OC1=CCCCCCCCC1. The van der Waals surface area contributed by atoms with Gasteiger partial charge in [-0.05, 0) is 25.3 Å². The van der Waals surface area contributed by atoms with E-state index in [0.717, 1.165) is 19.8 Å². The van der Waals surface area contributed by atoms with Crippen LogP contribution in [0.3, 0.4) is 0 Å². The molecule has 1 aliphatic rings. The van der Waals surface area contributed by atoms with Gasteiger partial charge >= 0.3 is 0 Å². The first kappa shape index (κ1) is 14.0. The summed E-state index contributed by atoms with van der Waals surface area (Å²) in [7, 11) is 0. The molecular weight excluding hydrogens is 192 g/mol. The van der Waals surface area contributed by atoms with Gasteiger partial charge in [0, 0.05) is 13.3 Å². The molecular formula is C12H22O3. The van der Waals surface area contributed by atoms with E-state index in [1.165, 1.54) is 38.5 Å². The van der Waals surface area contributed by atoms with Gasteiger partial charge in [-0.3, -0.25) is 4.79 Å². The number of aliphatic hydroxyl groups is 1. The van der Waals surface area contributed by atoms with E-state index >= 15 is 0 Å². The maximum atomic E-state index is 9.29. The Kier molecular flexibility index (Phi) is 8.93. The minimum atomic E-state index is -0.833. The van der Waals surface area contributed by atoms with Crippen LogP contribution in [-0.2, 0) is 4.79 Å². The fourth-order valence-corrected chi connectivity index (χ4v) is 1.53. The van der Waals surface area contributed by atoms with Crippen LogP contribution in [0.15, 0.2) is 11.8 Å². The Labute approximate surface area is 91.8 Å². The first-order valence-corrected chi connectivity index (χ1v) is 5.70. The van der Waals surface area contributed by atoms with E-state index in [1.54, 1.807) is 0 Å². The molecule has 88 valence electrons. The molecule has 0 aliphatic heterocycles. The van der Waals surface area contributed by atoms with Crippen LogP contribution < -0.4 is 0 Å². The second-order valence-corrected chi connectivity index (χ2v) is 3.87. The third-order valence-electron chi connectivity index (χ3n) is 2.27. The third kappa shape index (κ3) is 13.0. The molecule has 0 atom stereocenters. The number of carboxylic acids is 1. The van der Waals surface area contributed by atoms with Gasteiger partial charge in [0.2, 0.25) is 0 Å². The van der Waals surface area contributed by atoms with E-state index in [4.69, 9.17) is 9.90 Å². The predicted molar refractivity (Wildman–Crippen MR) is 61.0 cm³/mol. The summed E-state index contributed by atoms with van der Waals surface area (Å²) in [4.78, 5) is 9.00. The van der Waals surface area contributed by atoms with Crippen LogP contribution >= 0.6 is 0 Å². The molecule has 0 unspecified atom stereocenters. The van der Waals surface area contributed by atoms with Gasteiger partial charge in [-0.1, -0.05) is 25.7 Å². The molecule has 3 nitrogen and oxygen atoms in total. The highest BCUT2D eigenvalue weighted by Gasteiger charge is 1.97. The molecule has 0 saturated carbocycles. The van der Waals surface area contributed by atoms with E-state index in [2.05, 4.69) is 0 Å². The Bertz CT molecular complexity index is 193. The van der Waals surface area contributed by atoms with Gasteiger partial charge in [-0.15, -0.1) is 0 Å². The zero-order valence-electron chi connectivity index (χ0n) is 9.54. The van der Waals surface area contributed by atoms with Crippen molar-refractivity contribution in [1.82, 2.24) is 0 Å². The van der Waals surface area contributed by atoms with E-state index in [-0.39, 0.29) is 0 Å². The molecule has 0 aromatic rings. The number of hydrogen-bond acceptors (Lipinski definition) is 2. The van der Waals surface area contributed by atoms with Crippen LogP contribution in [0, 0.1) is 0 Å². The lowest BCUT2D eigenvalue weighted by Crippen LogP contribution is -1.87. The lowest BCUT2D eigenvalue weighted by atomic mass is 10.0. The van der Waals surface area contributed by atoms with Crippen molar-refractivity contribution in [3.8, 4) is 0 Å². The highest BCUT2D eigenvalue weighted by atomic mass is 16.4. The first-order valence-electron chi connectivity index (χ1n) is 5.70. The molecule has 2 N–H and O–H groups in total.